The number of nitrogens with one attached hydrogen (secondary N) is 1. The predicted molar refractivity (Wildman–Crippen MR) is 77.4 cm³/mol. The summed E-state index contributed by atoms with van der Waals surface area (Å²) in [6.45, 7) is 0.432. The van der Waals surface area contributed by atoms with E-state index in [1.54, 1.807) is 0 Å². The van der Waals surface area contributed by atoms with E-state index in [9.17, 15) is 10.1 Å². The summed E-state index contributed by atoms with van der Waals surface area (Å²) in [7, 11) is 0. The number of pyridine rings is 1. The first-order valence-corrected chi connectivity index (χ1v) is 6.52. The number of nitro groups is 1. The Morgan fingerprint density at radius 3 is 2.63 bits per heavy atom. The summed E-state index contributed by atoms with van der Waals surface area (Å²) in [5, 5.41) is 13.9. The molecule has 1 aromatic carbocycles. The molecule has 1 aromatic heterocycles. The Morgan fingerprint density at radius 2 is 2.00 bits per heavy atom. The molecule has 0 aliphatic rings. The van der Waals surface area contributed by atoms with E-state index in [1.165, 1.54) is 12.3 Å². The maximum Gasteiger partial charge on any atom is 0.329 e. The fourth-order valence-corrected chi connectivity index (χ4v) is 2.00. The first kappa shape index (κ1) is 13.8. The number of hydrogen-bond donors (Lipinski definition) is 1. The summed E-state index contributed by atoms with van der Waals surface area (Å²) < 4.78 is 0.975. The Morgan fingerprint density at radius 1 is 1.32 bits per heavy atom. The van der Waals surface area contributed by atoms with Gasteiger partial charge in [-0.2, -0.15) is 0 Å². The summed E-state index contributed by atoms with van der Waals surface area (Å²) >= 11 is 9.14. The van der Waals surface area contributed by atoms with Gasteiger partial charge in [0.1, 0.15) is 5.02 Å². The zero-order chi connectivity index (χ0) is 13.8. The first-order valence-electron chi connectivity index (χ1n) is 5.35. The van der Waals surface area contributed by atoms with Gasteiger partial charge in [0.25, 0.3) is 0 Å². The lowest BCUT2D eigenvalue weighted by Crippen LogP contribution is -2.04. The third kappa shape index (κ3) is 3.42. The van der Waals surface area contributed by atoms with Gasteiger partial charge in [0.05, 0.1) is 4.92 Å². The molecule has 19 heavy (non-hydrogen) atoms. The number of benzene rings is 1. The van der Waals surface area contributed by atoms with Crippen molar-refractivity contribution in [3.63, 3.8) is 0 Å². The Kier molecular flexibility index (Phi) is 4.34. The third-order valence-corrected chi connectivity index (χ3v) is 3.26. The number of nitrogens with zero attached hydrogens (tertiary/aromatic N) is 2. The normalized spacial score (nSPS) is 10.2. The molecule has 0 atom stereocenters. The highest BCUT2D eigenvalue weighted by Gasteiger charge is 2.19. The molecule has 7 heteroatoms. The van der Waals surface area contributed by atoms with Crippen LogP contribution in [0.15, 0.2) is 41.0 Å². The summed E-state index contributed by atoms with van der Waals surface area (Å²) in [5.41, 5.74) is 0.778. The molecule has 0 saturated heterocycles. The molecule has 0 unspecified atom stereocenters. The molecular weight excluding hydrogens is 334 g/mol. The lowest BCUT2D eigenvalue weighted by atomic mass is 10.2. The summed E-state index contributed by atoms with van der Waals surface area (Å²) in [6.07, 6.45) is 1.43. The molecule has 1 N–H and O–H groups in total. The van der Waals surface area contributed by atoms with E-state index < -0.39 is 4.92 Å². The van der Waals surface area contributed by atoms with Crippen molar-refractivity contribution >= 4 is 39.0 Å². The first-order chi connectivity index (χ1) is 9.08. The van der Waals surface area contributed by atoms with Gasteiger partial charge in [0.15, 0.2) is 0 Å². The molecule has 0 aliphatic carbocycles. The van der Waals surface area contributed by atoms with Crippen molar-refractivity contribution in [3.05, 3.63) is 61.7 Å². The van der Waals surface area contributed by atoms with Crippen LogP contribution in [0.2, 0.25) is 5.02 Å². The van der Waals surface area contributed by atoms with Gasteiger partial charge in [0, 0.05) is 17.2 Å². The average molecular weight is 343 g/mol. The molecule has 0 spiro atoms. The second kappa shape index (κ2) is 5.99. The highest BCUT2D eigenvalue weighted by atomic mass is 79.9. The van der Waals surface area contributed by atoms with E-state index in [1.807, 2.05) is 24.3 Å². The number of aromatic nitrogens is 1. The van der Waals surface area contributed by atoms with Crippen molar-refractivity contribution in [3.8, 4) is 0 Å². The number of anilines is 1. The number of hydrogen-bond acceptors (Lipinski definition) is 4. The Bertz CT molecular complexity index is 604. The molecule has 1 heterocycles. The van der Waals surface area contributed by atoms with Crippen LogP contribution in [0.4, 0.5) is 11.5 Å². The Labute approximate surface area is 122 Å². The summed E-state index contributed by atoms with van der Waals surface area (Å²) in [4.78, 5) is 14.3. The van der Waals surface area contributed by atoms with Gasteiger partial charge in [-0.05, 0) is 23.8 Å². The van der Waals surface area contributed by atoms with Crippen LogP contribution in [0.25, 0.3) is 0 Å². The van der Waals surface area contributed by atoms with Crippen LogP contribution >= 0.6 is 27.5 Å². The van der Waals surface area contributed by atoms with Gasteiger partial charge in [-0.15, -0.1) is 0 Å². The second-order valence-electron chi connectivity index (χ2n) is 3.73. The van der Waals surface area contributed by atoms with Gasteiger partial charge in [-0.25, -0.2) is 4.98 Å². The van der Waals surface area contributed by atoms with E-state index in [0.717, 1.165) is 10.0 Å². The molecule has 0 amide bonds. The smallest absolute Gasteiger partial charge is 0.329 e. The number of halogens is 2. The fraction of sp³-hybridized carbons (Fsp3) is 0.0833. The van der Waals surface area contributed by atoms with Crippen LogP contribution < -0.4 is 5.32 Å². The molecule has 2 aromatic rings. The van der Waals surface area contributed by atoms with Crippen molar-refractivity contribution in [1.82, 2.24) is 4.98 Å². The molecule has 98 valence electrons. The van der Waals surface area contributed by atoms with Crippen LogP contribution in [0, 0.1) is 10.1 Å². The average Bonchev–Trinajstić information content (AvgIpc) is 2.37. The second-order valence-corrected chi connectivity index (χ2v) is 5.05. The molecule has 5 nitrogen and oxygen atoms in total. The van der Waals surface area contributed by atoms with Gasteiger partial charge in [-0.1, -0.05) is 39.7 Å². The van der Waals surface area contributed by atoms with E-state index >= 15 is 0 Å². The van der Waals surface area contributed by atoms with Crippen LogP contribution in [0.1, 0.15) is 5.56 Å². The van der Waals surface area contributed by atoms with Crippen molar-refractivity contribution in [2.24, 2.45) is 0 Å². The molecule has 0 bridgehead atoms. The minimum Gasteiger partial charge on any atom is -0.360 e. The van der Waals surface area contributed by atoms with Crippen molar-refractivity contribution in [1.29, 1.82) is 0 Å². The van der Waals surface area contributed by atoms with Crippen LogP contribution in [-0.4, -0.2) is 9.91 Å². The van der Waals surface area contributed by atoms with E-state index in [4.69, 9.17) is 11.6 Å². The van der Waals surface area contributed by atoms with Crippen molar-refractivity contribution in [2.75, 3.05) is 5.32 Å². The summed E-state index contributed by atoms with van der Waals surface area (Å²) in [6, 6.07) is 9.01. The molecule has 0 aliphatic heterocycles. The maximum atomic E-state index is 10.9. The zero-order valence-electron chi connectivity index (χ0n) is 9.64. The zero-order valence-corrected chi connectivity index (χ0v) is 12.0. The Balaban J connectivity index is 2.18. The van der Waals surface area contributed by atoms with Crippen molar-refractivity contribution in [2.45, 2.75) is 6.54 Å². The third-order valence-electron chi connectivity index (χ3n) is 2.43. The van der Waals surface area contributed by atoms with Gasteiger partial charge >= 0.3 is 5.69 Å². The molecular formula is C12H9BrClN3O2. The largest absolute Gasteiger partial charge is 0.360 e. The summed E-state index contributed by atoms with van der Waals surface area (Å²) in [5.74, 6) is 0.167. The van der Waals surface area contributed by atoms with E-state index in [-0.39, 0.29) is 16.5 Å². The SMILES string of the molecule is O=[N+]([O-])c1c(Cl)ccnc1NCc1ccc(Br)cc1. The highest BCUT2D eigenvalue weighted by molar-refractivity contribution is 9.10. The monoisotopic (exact) mass is 341 g/mol. The lowest BCUT2D eigenvalue weighted by Gasteiger charge is -2.07. The van der Waals surface area contributed by atoms with E-state index in [2.05, 4.69) is 26.2 Å². The predicted octanol–water partition coefficient (Wildman–Crippen LogP) is 4.02. The number of rotatable bonds is 4. The molecule has 0 radical (unpaired) electrons. The topological polar surface area (TPSA) is 68.1 Å². The maximum absolute atomic E-state index is 10.9. The standard InChI is InChI=1S/C12H9BrClN3O2/c13-9-3-1-8(2-4-9)7-16-12-11(17(18)19)10(14)5-6-15-12/h1-6H,7H2,(H,15,16). The molecule has 2 rings (SSSR count). The molecule has 0 saturated carbocycles. The lowest BCUT2D eigenvalue weighted by molar-refractivity contribution is -0.384. The van der Waals surface area contributed by atoms with Crippen LogP contribution in [0.3, 0.4) is 0 Å². The fourth-order valence-electron chi connectivity index (χ4n) is 1.52. The van der Waals surface area contributed by atoms with Crippen molar-refractivity contribution < 1.29 is 4.92 Å². The van der Waals surface area contributed by atoms with Gasteiger partial charge in [0.2, 0.25) is 5.82 Å². The highest BCUT2D eigenvalue weighted by Crippen LogP contribution is 2.30. The van der Waals surface area contributed by atoms with E-state index in [0.29, 0.717) is 6.54 Å². The van der Waals surface area contributed by atoms with Crippen LogP contribution in [0.5, 0.6) is 0 Å². The van der Waals surface area contributed by atoms with Gasteiger partial charge < -0.3 is 5.32 Å². The quantitative estimate of drug-likeness (QED) is 0.673. The molecule has 0 fully saturated rings. The Hall–Kier alpha value is -1.66. The minimum atomic E-state index is -0.542. The van der Waals surface area contributed by atoms with Crippen LogP contribution in [-0.2, 0) is 6.54 Å². The minimum absolute atomic E-state index is 0.0679. The van der Waals surface area contributed by atoms with Gasteiger partial charge in [-0.3, -0.25) is 10.1 Å².